The van der Waals surface area contributed by atoms with Crippen molar-refractivity contribution in [2.75, 3.05) is 14.7 Å². The van der Waals surface area contributed by atoms with E-state index in [4.69, 9.17) is 4.74 Å². The zero-order chi connectivity index (χ0) is 49.4. The summed E-state index contributed by atoms with van der Waals surface area (Å²) in [4.78, 5) is 7.63. The molecular formula is C65H58BN3OS2. The molecule has 0 fully saturated rings. The van der Waals surface area contributed by atoms with Gasteiger partial charge < -0.3 is 19.4 Å². The Kier molecular flexibility index (Phi) is 9.09. The summed E-state index contributed by atoms with van der Waals surface area (Å²) in [5.74, 6) is 1.63. The lowest BCUT2D eigenvalue weighted by Crippen LogP contribution is -2.60. The number of fused-ring (bicyclic) bond motifs is 15. The SMILES string of the molecule is CC(C)(C)c1ccc(N2c3ccc4c(c3)N(c3cccc5c3B4c3sc4ccc(C(C)(C)C)cc4c3N5c3ccc4c(c3)C(C)(C)CC4(C)C)c3c(ccc4c3sc3ccccc34)Oc3ccccc32)cc1. The van der Waals surface area contributed by atoms with Crippen molar-refractivity contribution in [3.8, 4) is 11.5 Å². The third-order valence-corrected chi connectivity index (χ3v) is 18.7. The summed E-state index contributed by atoms with van der Waals surface area (Å²) in [7, 11) is 0. The van der Waals surface area contributed by atoms with E-state index in [0.717, 1.165) is 40.7 Å². The first-order valence-electron chi connectivity index (χ1n) is 25.7. The van der Waals surface area contributed by atoms with Gasteiger partial charge in [0.25, 0.3) is 6.71 Å². The van der Waals surface area contributed by atoms with Crippen LogP contribution in [0.2, 0.25) is 0 Å². The summed E-state index contributed by atoms with van der Waals surface area (Å²) in [6.45, 7) is 23.6. The van der Waals surface area contributed by atoms with Gasteiger partial charge in [-0.2, -0.15) is 0 Å². The third-order valence-electron chi connectivity index (χ3n) is 16.3. The summed E-state index contributed by atoms with van der Waals surface area (Å²) in [5.41, 5.74) is 18.7. The summed E-state index contributed by atoms with van der Waals surface area (Å²) >= 11 is 3.84. The maximum Gasteiger partial charge on any atom is 0.264 e. The van der Waals surface area contributed by atoms with Crippen LogP contribution in [0.1, 0.15) is 97.9 Å². The average molecular weight is 972 g/mol. The van der Waals surface area contributed by atoms with Crippen LogP contribution in [-0.2, 0) is 21.7 Å². The first-order chi connectivity index (χ1) is 34.4. The van der Waals surface area contributed by atoms with Crippen molar-refractivity contribution in [3.63, 3.8) is 0 Å². The Balaban J connectivity index is 1.10. The zero-order valence-electron chi connectivity index (χ0n) is 42.9. The van der Waals surface area contributed by atoms with Gasteiger partial charge in [-0.3, -0.25) is 0 Å². The summed E-state index contributed by atoms with van der Waals surface area (Å²) in [6, 6.07) is 60.1. The van der Waals surface area contributed by atoms with E-state index in [0.29, 0.717) is 0 Å². The highest BCUT2D eigenvalue weighted by molar-refractivity contribution is 7.33. The second kappa shape index (κ2) is 14.9. The number of nitrogens with zero attached hydrogens (tertiary/aromatic N) is 3. The molecule has 7 heteroatoms. The van der Waals surface area contributed by atoms with Crippen LogP contribution in [-0.4, -0.2) is 6.71 Å². The molecule has 0 saturated carbocycles. The molecule has 8 aromatic carbocycles. The highest BCUT2D eigenvalue weighted by Crippen LogP contribution is 2.57. The minimum atomic E-state index is -0.0243. The minimum absolute atomic E-state index is 0.0129. The topological polar surface area (TPSA) is 19.0 Å². The van der Waals surface area contributed by atoms with Crippen molar-refractivity contribution >= 4 is 127 Å². The molecule has 0 N–H and O–H groups in total. The van der Waals surface area contributed by atoms with E-state index in [2.05, 4.69) is 242 Å². The quantitative estimate of drug-likeness (QED) is 0.161. The fraction of sp³-hybridized carbons (Fsp3) is 0.231. The first kappa shape index (κ1) is 43.9. The number of anilines is 9. The van der Waals surface area contributed by atoms with E-state index in [1.54, 1.807) is 0 Å². The van der Waals surface area contributed by atoms with Crippen LogP contribution >= 0.6 is 22.7 Å². The molecule has 10 aromatic rings. The maximum atomic E-state index is 7.47. The number of para-hydroxylation sites is 2. The molecule has 0 spiro atoms. The van der Waals surface area contributed by atoms with Gasteiger partial charge >= 0.3 is 0 Å². The predicted octanol–water partition coefficient (Wildman–Crippen LogP) is 17.5. The number of thiophene rings is 2. The molecule has 2 bridgehead atoms. The number of rotatable bonds is 2. The van der Waals surface area contributed by atoms with Crippen LogP contribution in [0.4, 0.5) is 51.2 Å². The van der Waals surface area contributed by atoms with Gasteiger partial charge in [-0.25, -0.2) is 0 Å². The number of hydrogen-bond donors (Lipinski definition) is 0. The van der Waals surface area contributed by atoms with Crippen molar-refractivity contribution in [1.29, 1.82) is 0 Å². The van der Waals surface area contributed by atoms with E-state index in [-0.39, 0.29) is 28.4 Å². The van der Waals surface area contributed by atoms with Gasteiger partial charge in [-0.15, -0.1) is 22.7 Å². The fourth-order valence-electron chi connectivity index (χ4n) is 13.1. The second-order valence-corrected chi connectivity index (χ2v) is 26.2. The second-order valence-electron chi connectivity index (χ2n) is 24.1. The Morgan fingerprint density at radius 3 is 1.92 bits per heavy atom. The number of ether oxygens (including phenoxy) is 1. The highest BCUT2D eigenvalue weighted by Gasteiger charge is 2.48. The van der Waals surface area contributed by atoms with Gasteiger partial charge in [-0.05, 0) is 152 Å². The molecule has 2 aromatic heterocycles. The van der Waals surface area contributed by atoms with Crippen LogP contribution < -0.4 is 35.1 Å². The molecule has 1 aliphatic carbocycles. The lowest BCUT2D eigenvalue weighted by molar-refractivity contribution is 0.403. The lowest BCUT2D eigenvalue weighted by atomic mass is 9.36. The van der Waals surface area contributed by atoms with E-state index >= 15 is 0 Å². The van der Waals surface area contributed by atoms with Crippen LogP contribution in [0.5, 0.6) is 11.5 Å². The Morgan fingerprint density at radius 1 is 0.472 bits per heavy atom. The summed E-state index contributed by atoms with van der Waals surface area (Å²) in [6.07, 6.45) is 1.12. The number of hydrogen-bond acceptors (Lipinski definition) is 6. The van der Waals surface area contributed by atoms with Gasteiger partial charge in [0, 0.05) is 64.5 Å². The molecule has 4 nitrogen and oxygen atoms in total. The van der Waals surface area contributed by atoms with Crippen LogP contribution in [0.3, 0.4) is 0 Å². The van der Waals surface area contributed by atoms with Gasteiger partial charge in [0.15, 0.2) is 11.5 Å². The smallest absolute Gasteiger partial charge is 0.264 e. The van der Waals surface area contributed by atoms with Crippen LogP contribution in [0.15, 0.2) is 158 Å². The monoisotopic (exact) mass is 971 g/mol. The normalized spacial score (nSPS) is 16.1. The molecule has 3 aliphatic heterocycles. The van der Waals surface area contributed by atoms with Gasteiger partial charge in [-0.1, -0.05) is 136 Å². The van der Waals surface area contributed by atoms with Crippen molar-refractivity contribution in [2.24, 2.45) is 0 Å². The molecule has 0 unspecified atom stereocenters. The maximum absolute atomic E-state index is 7.47. The van der Waals surface area contributed by atoms with Crippen molar-refractivity contribution in [1.82, 2.24) is 0 Å². The van der Waals surface area contributed by atoms with E-state index < -0.39 is 0 Å². The highest BCUT2D eigenvalue weighted by atomic mass is 32.1. The molecule has 5 heterocycles. The minimum Gasteiger partial charge on any atom is -0.453 e. The molecular weight excluding hydrogens is 914 g/mol. The fourth-order valence-corrected chi connectivity index (χ4v) is 15.6. The Labute approximate surface area is 432 Å². The van der Waals surface area contributed by atoms with Gasteiger partial charge in [0.2, 0.25) is 0 Å². The summed E-state index contributed by atoms with van der Waals surface area (Å²) in [5, 5.41) is 3.82. The van der Waals surface area contributed by atoms with Gasteiger partial charge in [0.05, 0.1) is 16.1 Å². The molecule has 0 amide bonds. The van der Waals surface area contributed by atoms with Crippen LogP contribution in [0, 0.1) is 0 Å². The van der Waals surface area contributed by atoms with Crippen molar-refractivity contribution in [3.05, 3.63) is 180 Å². The van der Waals surface area contributed by atoms with Crippen LogP contribution in [0.25, 0.3) is 30.3 Å². The Bertz CT molecular complexity index is 3940. The lowest BCUT2D eigenvalue weighted by Gasteiger charge is -2.44. The third kappa shape index (κ3) is 6.29. The molecule has 14 rings (SSSR count). The molecule has 0 radical (unpaired) electrons. The molecule has 72 heavy (non-hydrogen) atoms. The standard InChI is InChI=1S/C65H58BN3OS2/c1-62(2,3)38-22-25-40(26-23-38)67-42-28-31-48-52(36-42)69(59-54(70-53-20-13-12-17-49(53)67)32-29-44-43-16-11-14-21-55(43)71-60(44)59)51-19-15-18-50-57(51)66(48)61-58(45-34-39(63(4,5)6)24-33-56(45)72-61)68(50)41-27-30-46-47(35-41)65(9,10)37-64(46,7)8/h11-36H,37H2,1-10H3. The molecule has 4 aliphatic rings. The number of benzene rings is 8. The average Bonchev–Trinajstić information content (AvgIpc) is 3.98. The molecule has 354 valence electrons. The van der Waals surface area contributed by atoms with Crippen molar-refractivity contribution < 1.29 is 4.74 Å². The Hall–Kier alpha value is -6.80. The van der Waals surface area contributed by atoms with Crippen molar-refractivity contribution in [2.45, 2.75) is 97.3 Å². The van der Waals surface area contributed by atoms with E-state index in [1.807, 2.05) is 22.7 Å². The largest absolute Gasteiger partial charge is 0.453 e. The summed E-state index contributed by atoms with van der Waals surface area (Å²) < 4.78 is 12.6. The van der Waals surface area contributed by atoms with E-state index in [9.17, 15) is 0 Å². The van der Waals surface area contributed by atoms with Gasteiger partial charge in [0.1, 0.15) is 5.69 Å². The Morgan fingerprint density at radius 2 is 1.12 bits per heavy atom. The molecule has 0 atom stereocenters. The van der Waals surface area contributed by atoms with E-state index in [1.165, 1.54) is 96.7 Å². The first-order valence-corrected chi connectivity index (χ1v) is 27.3. The predicted molar refractivity (Wildman–Crippen MR) is 312 cm³/mol. The zero-order valence-corrected chi connectivity index (χ0v) is 44.5. The molecule has 0 saturated heterocycles.